The molecule has 190 valence electrons. The summed E-state index contributed by atoms with van der Waals surface area (Å²) in [7, 11) is 0. The molecule has 2 aromatic rings. The number of carbonyl (C=O) groups excluding carboxylic acids is 1. The summed E-state index contributed by atoms with van der Waals surface area (Å²) in [5.41, 5.74) is 2.60. The lowest BCUT2D eigenvalue weighted by Gasteiger charge is -2.32. The molecule has 4 rings (SSSR count). The molecule has 4 N–H and O–H groups in total. The van der Waals surface area contributed by atoms with Crippen molar-refractivity contribution in [3.8, 4) is 5.75 Å². The van der Waals surface area contributed by atoms with Gasteiger partial charge in [-0.25, -0.2) is 0 Å². The predicted molar refractivity (Wildman–Crippen MR) is 140 cm³/mol. The van der Waals surface area contributed by atoms with Crippen LogP contribution in [0.4, 0.5) is 5.69 Å². The van der Waals surface area contributed by atoms with E-state index in [-0.39, 0.29) is 5.75 Å². The lowest BCUT2D eigenvalue weighted by atomic mass is 9.93. The predicted octanol–water partition coefficient (Wildman–Crippen LogP) is 3.42. The van der Waals surface area contributed by atoms with Gasteiger partial charge < -0.3 is 35.3 Å². The highest BCUT2D eigenvalue weighted by molar-refractivity contribution is 8.01. The molecule has 0 aromatic heterocycles. The first-order chi connectivity index (χ1) is 17.1. The summed E-state index contributed by atoms with van der Waals surface area (Å²) in [6, 6.07) is 13.8. The maximum absolute atomic E-state index is 11.1. The van der Waals surface area contributed by atoms with Crippen LogP contribution in [0.1, 0.15) is 36.5 Å². The number of anilines is 1. The first kappa shape index (κ1) is 26.0. The van der Waals surface area contributed by atoms with Gasteiger partial charge in [0, 0.05) is 18.0 Å². The zero-order valence-corrected chi connectivity index (χ0v) is 21.0. The lowest BCUT2D eigenvalue weighted by Crippen LogP contribution is -2.37. The third-order valence-corrected chi connectivity index (χ3v) is 8.04. The Morgan fingerprint density at radius 2 is 1.97 bits per heavy atom. The Morgan fingerprint density at radius 3 is 2.74 bits per heavy atom. The molecule has 1 saturated heterocycles. The third-order valence-electron chi connectivity index (χ3n) is 6.88. The summed E-state index contributed by atoms with van der Waals surface area (Å²) in [6.45, 7) is 6.13. The van der Waals surface area contributed by atoms with Gasteiger partial charge in [-0.15, -0.1) is 0 Å². The lowest BCUT2D eigenvalue weighted by molar-refractivity contribution is -0.107. The second kappa shape index (κ2) is 13.3. The van der Waals surface area contributed by atoms with Crippen LogP contribution in [0.5, 0.6) is 5.75 Å². The molecular weight excluding hydrogens is 462 g/mol. The largest absolute Gasteiger partial charge is 0.506 e. The number of phenolic OH excluding ortho intramolecular Hbond substituents is 1. The fourth-order valence-electron chi connectivity index (χ4n) is 4.76. The van der Waals surface area contributed by atoms with Crippen molar-refractivity contribution < 1.29 is 19.7 Å². The normalized spacial score (nSPS) is 19.3. The number of rotatable bonds is 13. The van der Waals surface area contributed by atoms with Gasteiger partial charge in [-0.3, -0.25) is 0 Å². The minimum absolute atomic E-state index is 0.103. The molecule has 0 bridgehead atoms. The van der Waals surface area contributed by atoms with Crippen LogP contribution in [0.25, 0.3) is 0 Å². The number of hydrogen-bond donors (Lipinski definition) is 4. The SMILES string of the molecule is O=CC1Nc2c(O)ccc([C@@H](O)CNCCC3CCN(CCOCCc4ccccc4)CC3)c2S1. The maximum atomic E-state index is 11.1. The van der Waals surface area contributed by atoms with E-state index in [9.17, 15) is 15.0 Å². The average molecular weight is 500 g/mol. The van der Waals surface area contributed by atoms with E-state index in [2.05, 4.69) is 39.8 Å². The van der Waals surface area contributed by atoms with Crippen LogP contribution in [0, 0.1) is 5.92 Å². The first-order valence-corrected chi connectivity index (χ1v) is 13.5. The summed E-state index contributed by atoms with van der Waals surface area (Å²) in [4.78, 5) is 14.4. The van der Waals surface area contributed by atoms with E-state index in [0.717, 1.165) is 69.0 Å². The maximum Gasteiger partial charge on any atom is 0.152 e. The number of nitrogens with zero attached hydrogens (tertiary/aromatic N) is 1. The Hall–Kier alpha value is -2.10. The average Bonchev–Trinajstić information content (AvgIpc) is 3.33. The van der Waals surface area contributed by atoms with Crippen LogP contribution in [-0.4, -0.2) is 72.7 Å². The number of aliphatic hydroxyl groups is 1. The molecular formula is C27H37N3O4S. The molecule has 2 aliphatic rings. The number of aldehydes is 1. The molecule has 1 fully saturated rings. The number of likely N-dealkylation sites (tertiary alicyclic amines) is 1. The van der Waals surface area contributed by atoms with Crippen LogP contribution in [-0.2, 0) is 16.0 Å². The van der Waals surface area contributed by atoms with Crippen molar-refractivity contribution in [2.24, 2.45) is 5.92 Å². The third kappa shape index (κ3) is 7.44. The molecule has 35 heavy (non-hydrogen) atoms. The molecule has 2 aliphatic heterocycles. The smallest absolute Gasteiger partial charge is 0.152 e. The second-order valence-electron chi connectivity index (χ2n) is 9.34. The van der Waals surface area contributed by atoms with E-state index < -0.39 is 11.5 Å². The zero-order chi connectivity index (χ0) is 24.5. The summed E-state index contributed by atoms with van der Waals surface area (Å²) in [6.07, 6.45) is 4.60. The molecule has 0 saturated carbocycles. The van der Waals surface area contributed by atoms with Crippen molar-refractivity contribution >= 4 is 23.7 Å². The fraction of sp³-hybridized carbons (Fsp3) is 0.519. The summed E-state index contributed by atoms with van der Waals surface area (Å²) in [5, 5.41) is 26.7. The van der Waals surface area contributed by atoms with E-state index in [1.807, 2.05) is 6.07 Å². The van der Waals surface area contributed by atoms with Gasteiger partial charge in [0.05, 0.1) is 25.0 Å². The standard InChI is InChI=1S/C27H37N3O4S/c31-19-25-29-26-23(32)7-6-22(27(26)35-25)24(33)18-28-12-8-21-9-13-30(14-10-21)15-17-34-16-11-20-4-2-1-3-5-20/h1-7,19,21,24-25,28-29,32-33H,8-18H2/t24-,25?/m0/s1. The number of carbonyl (C=O) groups is 1. The molecule has 2 heterocycles. The number of phenols is 1. The van der Waals surface area contributed by atoms with Crippen molar-refractivity contribution in [1.82, 2.24) is 10.2 Å². The number of aliphatic hydroxyl groups excluding tert-OH is 1. The molecule has 2 aromatic carbocycles. The van der Waals surface area contributed by atoms with Crippen molar-refractivity contribution in [1.29, 1.82) is 0 Å². The number of thioether (sulfide) groups is 1. The first-order valence-electron chi connectivity index (χ1n) is 12.6. The number of ether oxygens (including phenoxy) is 1. The van der Waals surface area contributed by atoms with Gasteiger partial charge in [-0.05, 0) is 68.4 Å². The van der Waals surface area contributed by atoms with E-state index in [4.69, 9.17) is 4.74 Å². The van der Waals surface area contributed by atoms with Gasteiger partial charge in [-0.2, -0.15) is 0 Å². The molecule has 2 atom stereocenters. The molecule has 1 unspecified atom stereocenters. The summed E-state index contributed by atoms with van der Waals surface area (Å²) < 4.78 is 5.84. The summed E-state index contributed by atoms with van der Waals surface area (Å²) >= 11 is 1.33. The van der Waals surface area contributed by atoms with Crippen LogP contribution in [0.15, 0.2) is 47.4 Å². The quantitative estimate of drug-likeness (QED) is 0.189. The Balaban J connectivity index is 1.08. The van der Waals surface area contributed by atoms with Gasteiger partial charge in [0.25, 0.3) is 0 Å². The number of benzene rings is 2. The fourth-order valence-corrected chi connectivity index (χ4v) is 5.87. The molecule has 0 amide bonds. The van der Waals surface area contributed by atoms with Crippen molar-refractivity contribution in [3.63, 3.8) is 0 Å². The minimum atomic E-state index is -0.687. The van der Waals surface area contributed by atoms with Crippen molar-refractivity contribution in [2.75, 3.05) is 51.3 Å². The van der Waals surface area contributed by atoms with Gasteiger partial charge in [0.2, 0.25) is 0 Å². The highest BCUT2D eigenvalue weighted by Gasteiger charge is 2.28. The Bertz CT molecular complexity index is 938. The van der Waals surface area contributed by atoms with Gasteiger partial charge in [0.1, 0.15) is 11.1 Å². The van der Waals surface area contributed by atoms with Gasteiger partial charge in [0.15, 0.2) is 6.29 Å². The topological polar surface area (TPSA) is 94.1 Å². The zero-order valence-electron chi connectivity index (χ0n) is 20.2. The number of nitrogens with one attached hydrogen (secondary N) is 2. The van der Waals surface area contributed by atoms with Crippen LogP contribution in [0.2, 0.25) is 0 Å². The highest BCUT2D eigenvalue weighted by atomic mass is 32.2. The Kier molecular flexibility index (Phi) is 9.85. The summed E-state index contributed by atoms with van der Waals surface area (Å²) in [5.74, 6) is 0.812. The second-order valence-corrected chi connectivity index (χ2v) is 10.5. The highest BCUT2D eigenvalue weighted by Crippen LogP contribution is 2.46. The number of fused-ring (bicyclic) bond motifs is 1. The number of piperidine rings is 1. The van der Waals surface area contributed by atoms with E-state index in [1.165, 1.54) is 30.2 Å². The van der Waals surface area contributed by atoms with Crippen LogP contribution in [0.3, 0.4) is 0 Å². The molecule has 8 heteroatoms. The monoisotopic (exact) mass is 499 g/mol. The Morgan fingerprint density at radius 1 is 1.17 bits per heavy atom. The minimum Gasteiger partial charge on any atom is -0.506 e. The molecule has 0 radical (unpaired) electrons. The van der Waals surface area contributed by atoms with Crippen molar-refractivity contribution in [2.45, 2.75) is 42.1 Å². The van der Waals surface area contributed by atoms with Gasteiger partial charge in [-0.1, -0.05) is 48.2 Å². The van der Waals surface area contributed by atoms with E-state index >= 15 is 0 Å². The van der Waals surface area contributed by atoms with Crippen LogP contribution >= 0.6 is 11.8 Å². The number of aromatic hydroxyl groups is 1. The van der Waals surface area contributed by atoms with E-state index in [1.54, 1.807) is 12.1 Å². The van der Waals surface area contributed by atoms with Gasteiger partial charge >= 0.3 is 0 Å². The number of hydrogen-bond acceptors (Lipinski definition) is 8. The molecule has 0 spiro atoms. The Labute approximate surface area is 212 Å². The van der Waals surface area contributed by atoms with Crippen LogP contribution < -0.4 is 10.6 Å². The molecule has 7 nitrogen and oxygen atoms in total. The van der Waals surface area contributed by atoms with Crippen molar-refractivity contribution in [3.05, 3.63) is 53.6 Å². The van der Waals surface area contributed by atoms with E-state index in [0.29, 0.717) is 18.2 Å². The molecule has 0 aliphatic carbocycles.